The van der Waals surface area contributed by atoms with E-state index in [-0.39, 0.29) is 17.5 Å². The maximum absolute atomic E-state index is 13.8. The summed E-state index contributed by atoms with van der Waals surface area (Å²) in [6, 6.07) is 25.3. The van der Waals surface area contributed by atoms with Gasteiger partial charge in [-0.2, -0.15) is 0 Å². The second kappa shape index (κ2) is 9.67. The Labute approximate surface area is 191 Å². The molecule has 0 spiro atoms. The number of carbonyl (C=O) groups is 1. The van der Waals surface area contributed by atoms with Crippen LogP contribution in [0.15, 0.2) is 91.0 Å². The second-order valence-electron chi connectivity index (χ2n) is 7.19. The molecule has 5 heteroatoms. The quantitative estimate of drug-likeness (QED) is 0.319. The average Bonchev–Trinajstić information content (AvgIpc) is 2.83. The minimum atomic E-state index is -0.530. The summed E-state index contributed by atoms with van der Waals surface area (Å²) >= 11 is 6.03. The lowest BCUT2D eigenvalue weighted by Gasteiger charge is -2.23. The summed E-state index contributed by atoms with van der Waals surface area (Å²) in [4.78, 5) is 15.2. The number of benzene rings is 4. The molecule has 0 heterocycles. The van der Waals surface area contributed by atoms with Crippen LogP contribution in [0.5, 0.6) is 5.75 Å². The number of para-hydroxylation sites is 1. The maximum Gasteiger partial charge on any atom is 0.259 e. The molecular weight excluding hydrogens is 425 g/mol. The lowest BCUT2D eigenvalue weighted by Crippen LogP contribution is -2.31. The summed E-state index contributed by atoms with van der Waals surface area (Å²) in [5, 5.41) is 1.79. The van der Waals surface area contributed by atoms with Crippen molar-refractivity contribution in [2.75, 3.05) is 18.6 Å². The largest absolute Gasteiger partial charge is 0.496 e. The summed E-state index contributed by atoms with van der Waals surface area (Å²) < 4.78 is 19.2. The molecule has 4 aromatic rings. The van der Waals surface area contributed by atoms with E-state index in [9.17, 15) is 9.18 Å². The molecule has 0 N–H and O–H groups in total. The fourth-order valence-electron chi connectivity index (χ4n) is 3.61. The summed E-state index contributed by atoms with van der Waals surface area (Å²) in [5.74, 6) is 0.00667. The normalized spacial score (nSPS) is 11.1. The van der Waals surface area contributed by atoms with Gasteiger partial charge < -0.3 is 9.64 Å². The van der Waals surface area contributed by atoms with Crippen LogP contribution >= 0.6 is 11.6 Å². The van der Waals surface area contributed by atoms with Crippen molar-refractivity contribution in [2.24, 2.45) is 0 Å². The van der Waals surface area contributed by atoms with Gasteiger partial charge in [-0.15, -0.1) is 0 Å². The topological polar surface area (TPSA) is 29.5 Å². The molecule has 160 valence electrons. The fraction of sp³-hybridized carbons (Fsp3) is 0.0741. The van der Waals surface area contributed by atoms with Crippen molar-refractivity contribution in [3.8, 4) is 5.75 Å². The van der Waals surface area contributed by atoms with E-state index in [1.54, 1.807) is 24.1 Å². The monoisotopic (exact) mass is 445 g/mol. The number of amides is 1. The van der Waals surface area contributed by atoms with Crippen LogP contribution in [0, 0.1) is 5.82 Å². The molecule has 0 bridgehead atoms. The highest BCUT2D eigenvalue weighted by Crippen LogP contribution is 2.27. The molecule has 0 unspecified atom stereocenters. The number of rotatable bonds is 6. The lowest BCUT2D eigenvalue weighted by atomic mass is 10.0. The van der Waals surface area contributed by atoms with E-state index in [1.807, 2.05) is 72.8 Å². The predicted octanol–water partition coefficient (Wildman–Crippen LogP) is 7.00. The van der Waals surface area contributed by atoms with E-state index in [0.29, 0.717) is 11.3 Å². The zero-order chi connectivity index (χ0) is 22.5. The molecular formula is C27H21ClFNO2. The van der Waals surface area contributed by atoms with E-state index in [0.717, 1.165) is 22.1 Å². The number of ether oxygens (including phenoxy) is 1. The number of methoxy groups -OCH3 is 1. The van der Waals surface area contributed by atoms with Crippen LogP contribution in [0.1, 0.15) is 15.9 Å². The van der Waals surface area contributed by atoms with Crippen molar-refractivity contribution in [1.82, 2.24) is 0 Å². The van der Waals surface area contributed by atoms with Crippen LogP contribution in [0.25, 0.3) is 16.8 Å². The number of hydrogen-bond acceptors (Lipinski definition) is 2. The smallest absolute Gasteiger partial charge is 0.259 e. The molecule has 0 aliphatic rings. The molecule has 4 aromatic carbocycles. The minimum Gasteiger partial charge on any atom is -0.496 e. The van der Waals surface area contributed by atoms with Crippen LogP contribution < -0.4 is 9.64 Å². The molecule has 0 saturated heterocycles. The van der Waals surface area contributed by atoms with Gasteiger partial charge >= 0.3 is 0 Å². The van der Waals surface area contributed by atoms with Gasteiger partial charge in [0.05, 0.1) is 12.1 Å². The van der Waals surface area contributed by atoms with Gasteiger partial charge in [-0.25, -0.2) is 4.39 Å². The van der Waals surface area contributed by atoms with Crippen molar-refractivity contribution >= 4 is 40.0 Å². The molecule has 0 radical (unpaired) electrons. The standard InChI is InChI=1S/C27H21ClFNO2/c1-32-26-14-5-3-9-20(26)11-7-17-30(21-15-16-25(29)24(28)18-21)27(31)23-13-6-10-19-8-2-4-12-22(19)23/h2-16,18H,17H2,1H3/b11-7+. The molecule has 32 heavy (non-hydrogen) atoms. The van der Waals surface area contributed by atoms with Crippen LogP contribution in [0.4, 0.5) is 10.1 Å². The third-order valence-electron chi connectivity index (χ3n) is 5.20. The molecule has 1 amide bonds. The van der Waals surface area contributed by atoms with Gasteiger partial charge in [0.2, 0.25) is 0 Å². The van der Waals surface area contributed by atoms with E-state index in [4.69, 9.17) is 16.3 Å². The minimum absolute atomic E-state index is 0.0353. The Morgan fingerprint density at radius 2 is 1.75 bits per heavy atom. The van der Waals surface area contributed by atoms with Crippen LogP contribution in [-0.2, 0) is 0 Å². The highest BCUT2D eigenvalue weighted by molar-refractivity contribution is 6.31. The molecule has 3 nitrogen and oxygen atoms in total. The first kappa shape index (κ1) is 21.6. The molecule has 0 aromatic heterocycles. The van der Waals surface area contributed by atoms with Crippen molar-refractivity contribution in [3.63, 3.8) is 0 Å². The van der Waals surface area contributed by atoms with Gasteiger partial charge in [0.25, 0.3) is 5.91 Å². The molecule has 4 rings (SSSR count). The molecule has 0 saturated carbocycles. The Bertz CT molecular complexity index is 1300. The predicted molar refractivity (Wildman–Crippen MR) is 129 cm³/mol. The van der Waals surface area contributed by atoms with Crippen molar-refractivity contribution in [1.29, 1.82) is 0 Å². The Morgan fingerprint density at radius 1 is 1.00 bits per heavy atom. The first-order chi connectivity index (χ1) is 15.6. The Kier molecular flexibility index (Phi) is 6.52. The highest BCUT2D eigenvalue weighted by atomic mass is 35.5. The molecule has 0 atom stereocenters. The van der Waals surface area contributed by atoms with Gasteiger partial charge in [-0.3, -0.25) is 4.79 Å². The lowest BCUT2D eigenvalue weighted by molar-refractivity contribution is 0.0991. The van der Waals surface area contributed by atoms with Gasteiger partial charge in [0, 0.05) is 23.4 Å². The Balaban J connectivity index is 1.73. The SMILES string of the molecule is COc1ccccc1/C=C/CN(C(=O)c1cccc2ccccc12)c1ccc(F)c(Cl)c1. The van der Waals surface area contributed by atoms with Crippen molar-refractivity contribution in [2.45, 2.75) is 0 Å². The summed E-state index contributed by atoms with van der Waals surface area (Å²) in [6.45, 7) is 0.266. The summed E-state index contributed by atoms with van der Waals surface area (Å²) in [7, 11) is 1.61. The van der Waals surface area contributed by atoms with E-state index >= 15 is 0 Å². The van der Waals surface area contributed by atoms with E-state index in [1.165, 1.54) is 12.1 Å². The summed E-state index contributed by atoms with van der Waals surface area (Å²) in [6.07, 6.45) is 3.77. The van der Waals surface area contributed by atoms with E-state index in [2.05, 4.69) is 0 Å². The second-order valence-corrected chi connectivity index (χ2v) is 7.59. The summed E-state index contributed by atoms with van der Waals surface area (Å²) in [5.41, 5.74) is 1.97. The third kappa shape index (κ3) is 4.51. The third-order valence-corrected chi connectivity index (χ3v) is 5.49. The average molecular weight is 446 g/mol. The van der Waals surface area contributed by atoms with Crippen molar-refractivity contribution in [3.05, 3.63) is 113 Å². The van der Waals surface area contributed by atoms with Crippen molar-refractivity contribution < 1.29 is 13.9 Å². The van der Waals surface area contributed by atoms with Crippen LogP contribution in [-0.4, -0.2) is 19.6 Å². The molecule has 0 fully saturated rings. The van der Waals surface area contributed by atoms with Crippen LogP contribution in [0.2, 0.25) is 5.02 Å². The van der Waals surface area contributed by atoms with E-state index < -0.39 is 5.82 Å². The fourth-order valence-corrected chi connectivity index (χ4v) is 3.78. The number of carbonyl (C=O) groups excluding carboxylic acids is 1. The van der Waals surface area contributed by atoms with Crippen LogP contribution in [0.3, 0.4) is 0 Å². The zero-order valence-corrected chi connectivity index (χ0v) is 18.2. The first-order valence-electron chi connectivity index (χ1n) is 10.1. The maximum atomic E-state index is 13.8. The first-order valence-corrected chi connectivity index (χ1v) is 10.5. The highest BCUT2D eigenvalue weighted by Gasteiger charge is 2.20. The van der Waals surface area contributed by atoms with Gasteiger partial charge in [0.1, 0.15) is 11.6 Å². The van der Waals surface area contributed by atoms with Gasteiger partial charge in [0.15, 0.2) is 0 Å². The van der Waals surface area contributed by atoms with Gasteiger partial charge in [-0.05, 0) is 41.1 Å². The zero-order valence-electron chi connectivity index (χ0n) is 17.5. The number of anilines is 1. The number of halogens is 2. The number of fused-ring (bicyclic) bond motifs is 1. The number of hydrogen-bond donors (Lipinski definition) is 0. The Hall–Kier alpha value is -3.63. The molecule has 0 aliphatic carbocycles. The Morgan fingerprint density at radius 3 is 2.56 bits per heavy atom. The number of nitrogens with zero attached hydrogens (tertiary/aromatic N) is 1. The molecule has 0 aliphatic heterocycles. The van der Waals surface area contributed by atoms with Gasteiger partial charge in [-0.1, -0.05) is 78.4 Å².